The molecule has 19 heavy (non-hydrogen) atoms. The van der Waals surface area contributed by atoms with E-state index in [9.17, 15) is 9.59 Å². The van der Waals surface area contributed by atoms with Crippen molar-refractivity contribution in [2.75, 3.05) is 13.1 Å². The van der Waals surface area contributed by atoms with Crippen molar-refractivity contribution >= 4 is 11.9 Å². The van der Waals surface area contributed by atoms with E-state index in [0.29, 0.717) is 24.6 Å². The summed E-state index contributed by atoms with van der Waals surface area (Å²) in [6, 6.07) is 1.71. The Kier molecular flexibility index (Phi) is 4.19. The Bertz CT molecular complexity index is 469. The molecule has 0 aromatic carbocycles. The van der Waals surface area contributed by atoms with Gasteiger partial charge < -0.3 is 10.0 Å². The van der Waals surface area contributed by atoms with Gasteiger partial charge in [-0.15, -0.1) is 0 Å². The Labute approximate surface area is 112 Å². The number of carboxylic acids is 1. The number of aryl methyl sites for hydroxylation is 1. The van der Waals surface area contributed by atoms with Gasteiger partial charge in [0.15, 0.2) is 0 Å². The summed E-state index contributed by atoms with van der Waals surface area (Å²) in [6.45, 7) is 1.39. The van der Waals surface area contributed by atoms with Crippen LogP contribution >= 0.6 is 0 Å². The zero-order valence-corrected chi connectivity index (χ0v) is 11.1. The van der Waals surface area contributed by atoms with Gasteiger partial charge in [0.2, 0.25) is 0 Å². The molecule has 1 saturated heterocycles. The van der Waals surface area contributed by atoms with Crippen molar-refractivity contribution in [1.82, 2.24) is 14.7 Å². The average molecular weight is 265 g/mol. The van der Waals surface area contributed by atoms with Crippen LogP contribution in [-0.4, -0.2) is 44.8 Å². The predicted molar refractivity (Wildman–Crippen MR) is 68.7 cm³/mol. The molecule has 1 amide bonds. The molecule has 1 aromatic rings. The van der Waals surface area contributed by atoms with Gasteiger partial charge in [-0.3, -0.25) is 14.3 Å². The number of rotatable bonds is 4. The van der Waals surface area contributed by atoms with Crippen LogP contribution in [0.5, 0.6) is 0 Å². The summed E-state index contributed by atoms with van der Waals surface area (Å²) in [5, 5.41) is 12.7. The van der Waals surface area contributed by atoms with E-state index in [1.807, 2.05) is 4.90 Å². The highest BCUT2D eigenvalue weighted by atomic mass is 16.4. The second kappa shape index (κ2) is 5.86. The molecule has 1 fully saturated rings. The third kappa shape index (κ3) is 3.33. The number of hydrogen-bond acceptors (Lipinski definition) is 3. The van der Waals surface area contributed by atoms with Crippen LogP contribution in [0, 0.1) is 5.92 Å². The quantitative estimate of drug-likeness (QED) is 0.885. The Hall–Kier alpha value is -1.85. The molecule has 1 aromatic heterocycles. The molecule has 0 saturated carbocycles. The molecule has 0 radical (unpaired) electrons. The number of carboxylic acid groups (broad SMARTS) is 1. The maximum atomic E-state index is 12.3. The highest BCUT2D eigenvalue weighted by molar-refractivity contribution is 5.92. The molecular formula is C13H19N3O3. The fourth-order valence-electron chi connectivity index (χ4n) is 2.56. The molecule has 2 rings (SSSR count). The van der Waals surface area contributed by atoms with Crippen LogP contribution in [0.4, 0.5) is 0 Å². The van der Waals surface area contributed by atoms with Crippen molar-refractivity contribution in [2.24, 2.45) is 13.0 Å². The van der Waals surface area contributed by atoms with E-state index in [1.165, 1.54) is 0 Å². The lowest BCUT2D eigenvalue weighted by Crippen LogP contribution is -2.40. The SMILES string of the molecule is Cn1nccc1C(=O)N1CCCC(CCC(=O)O)C1. The van der Waals surface area contributed by atoms with E-state index in [0.717, 1.165) is 19.4 Å². The largest absolute Gasteiger partial charge is 0.481 e. The minimum absolute atomic E-state index is 0.0139. The zero-order chi connectivity index (χ0) is 13.8. The van der Waals surface area contributed by atoms with Crippen LogP contribution in [0.3, 0.4) is 0 Å². The van der Waals surface area contributed by atoms with Crippen LogP contribution in [-0.2, 0) is 11.8 Å². The lowest BCUT2D eigenvalue weighted by Gasteiger charge is -2.32. The van der Waals surface area contributed by atoms with Crippen molar-refractivity contribution in [3.63, 3.8) is 0 Å². The molecule has 0 spiro atoms. The summed E-state index contributed by atoms with van der Waals surface area (Å²) in [4.78, 5) is 24.7. The van der Waals surface area contributed by atoms with Crippen LogP contribution < -0.4 is 0 Å². The van der Waals surface area contributed by atoms with Gasteiger partial charge in [0.05, 0.1) is 0 Å². The molecule has 1 aliphatic rings. The van der Waals surface area contributed by atoms with Gasteiger partial charge >= 0.3 is 5.97 Å². The molecule has 0 bridgehead atoms. The van der Waals surface area contributed by atoms with Gasteiger partial charge in [0, 0.05) is 32.8 Å². The average Bonchev–Trinajstić information content (AvgIpc) is 2.82. The summed E-state index contributed by atoms with van der Waals surface area (Å²) in [6.07, 6.45) is 4.37. The first-order valence-electron chi connectivity index (χ1n) is 6.57. The van der Waals surface area contributed by atoms with E-state index in [-0.39, 0.29) is 12.3 Å². The molecule has 104 valence electrons. The topological polar surface area (TPSA) is 75.4 Å². The minimum atomic E-state index is -0.768. The van der Waals surface area contributed by atoms with E-state index in [2.05, 4.69) is 5.10 Å². The normalized spacial score (nSPS) is 19.4. The van der Waals surface area contributed by atoms with Crippen LogP contribution in [0.2, 0.25) is 0 Å². The van der Waals surface area contributed by atoms with Gasteiger partial charge in [0.1, 0.15) is 5.69 Å². The highest BCUT2D eigenvalue weighted by Crippen LogP contribution is 2.22. The van der Waals surface area contributed by atoms with Crippen LogP contribution in [0.25, 0.3) is 0 Å². The second-order valence-corrected chi connectivity index (χ2v) is 5.03. The number of nitrogens with zero attached hydrogens (tertiary/aromatic N) is 3. The number of piperidine rings is 1. The summed E-state index contributed by atoms with van der Waals surface area (Å²) in [5.41, 5.74) is 0.582. The number of aromatic nitrogens is 2. The first-order chi connectivity index (χ1) is 9.08. The maximum absolute atomic E-state index is 12.3. The predicted octanol–water partition coefficient (Wildman–Crippen LogP) is 1.14. The smallest absolute Gasteiger partial charge is 0.303 e. The molecular weight excluding hydrogens is 246 g/mol. The van der Waals surface area contributed by atoms with E-state index in [1.54, 1.807) is 24.0 Å². The molecule has 6 nitrogen and oxygen atoms in total. The number of hydrogen-bond donors (Lipinski definition) is 1. The van der Waals surface area contributed by atoms with E-state index >= 15 is 0 Å². The van der Waals surface area contributed by atoms with E-state index in [4.69, 9.17) is 5.11 Å². The summed E-state index contributed by atoms with van der Waals surface area (Å²) < 4.78 is 1.57. The van der Waals surface area contributed by atoms with Gasteiger partial charge in [-0.1, -0.05) is 0 Å². The number of amides is 1. The highest BCUT2D eigenvalue weighted by Gasteiger charge is 2.26. The second-order valence-electron chi connectivity index (χ2n) is 5.03. The van der Waals surface area contributed by atoms with Crippen molar-refractivity contribution in [1.29, 1.82) is 0 Å². The molecule has 0 aliphatic carbocycles. The first-order valence-corrected chi connectivity index (χ1v) is 6.57. The first kappa shape index (κ1) is 13.6. The van der Waals surface area contributed by atoms with E-state index < -0.39 is 5.97 Å². The van der Waals surface area contributed by atoms with Gasteiger partial charge in [-0.2, -0.15) is 5.10 Å². The molecule has 2 heterocycles. The number of carbonyl (C=O) groups is 2. The van der Waals surface area contributed by atoms with Gasteiger partial charge in [-0.05, 0) is 31.2 Å². The third-order valence-corrected chi connectivity index (χ3v) is 3.61. The molecule has 1 atom stereocenters. The number of likely N-dealkylation sites (tertiary alicyclic amines) is 1. The molecule has 1 aliphatic heterocycles. The van der Waals surface area contributed by atoms with Crippen LogP contribution in [0.1, 0.15) is 36.2 Å². The van der Waals surface area contributed by atoms with Gasteiger partial charge in [-0.25, -0.2) is 0 Å². The Balaban J connectivity index is 1.95. The third-order valence-electron chi connectivity index (χ3n) is 3.61. The van der Waals surface area contributed by atoms with Crippen molar-refractivity contribution in [3.05, 3.63) is 18.0 Å². The summed E-state index contributed by atoms with van der Waals surface area (Å²) in [7, 11) is 1.75. The lowest BCUT2D eigenvalue weighted by atomic mass is 9.93. The standard InChI is InChI=1S/C13H19N3O3/c1-15-11(6-7-14-15)13(19)16-8-2-3-10(9-16)4-5-12(17)18/h6-7,10H,2-5,8-9H2,1H3,(H,17,18). The monoisotopic (exact) mass is 265 g/mol. The summed E-state index contributed by atoms with van der Waals surface area (Å²) >= 11 is 0. The van der Waals surface area contributed by atoms with Crippen molar-refractivity contribution in [3.8, 4) is 0 Å². The number of carbonyl (C=O) groups excluding carboxylic acids is 1. The number of aliphatic carboxylic acids is 1. The Morgan fingerprint density at radius 3 is 2.95 bits per heavy atom. The van der Waals surface area contributed by atoms with Crippen molar-refractivity contribution < 1.29 is 14.7 Å². The minimum Gasteiger partial charge on any atom is -0.481 e. The molecule has 6 heteroatoms. The Morgan fingerprint density at radius 1 is 1.53 bits per heavy atom. The maximum Gasteiger partial charge on any atom is 0.303 e. The summed E-state index contributed by atoms with van der Waals surface area (Å²) in [5.74, 6) is -0.489. The fraction of sp³-hybridized carbons (Fsp3) is 0.615. The fourth-order valence-corrected chi connectivity index (χ4v) is 2.56. The molecule has 1 N–H and O–H groups in total. The van der Waals surface area contributed by atoms with Gasteiger partial charge in [0.25, 0.3) is 5.91 Å². The zero-order valence-electron chi connectivity index (χ0n) is 11.1. The Morgan fingerprint density at radius 2 is 2.32 bits per heavy atom. The molecule has 1 unspecified atom stereocenters. The van der Waals surface area contributed by atoms with Crippen molar-refractivity contribution in [2.45, 2.75) is 25.7 Å². The lowest BCUT2D eigenvalue weighted by molar-refractivity contribution is -0.137. The van der Waals surface area contributed by atoms with Crippen LogP contribution in [0.15, 0.2) is 12.3 Å².